The summed E-state index contributed by atoms with van der Waals surface area (Å²) in [6.45, 7) is 8.91. The first-order valence-corrected chi connectivity index (χ1v) is 13.4. The number of halogens is 2. The maximum Gasteiger partial charge on any atom is 0.335 e. The van der Waals surface area contributed by atoms with Crippen molar-refractivity contribution in [1.29, 1.82) is 0 Å². The summed E-state index contributed by atoms with van der Waals surface area (Å²) in [7, 11) is 0. The van der Waals surface area contributed by atoms with Crippen LogP contribution in [0.5, 0.6) is 5.75 Å². The zero-order valence-corrected chi connectivity index (χ0v) is 22.5. The minimum atomic E-state index is -0.918. The third kappa shape index (κ3) is 4.09. The molecule has 2 saturated carbocycles. The number of hydrogen-bond donors (Lipinski definition) is 2. The van der Waals surface area contributed by atoms with E-state index in [1.54, 1.807) is 18.2 Å². The molecule has 2 fully saturated rings. The van der Waals surface area contributed by atoms with E-state index in [0.717, 1.165) is 49.8 Å². The fourth-order valence-electron chi connectivity index (χ4n) is 6.47. The van der Waals surface area contributed by atoms with Gasteiger partial charge in [-0.2, -0.15) is 0 Å². The van der Waals surface area contributed by atoms with E-state index in [0.29, 0.717) is 15.2 Å². The Labute approximate surface area is 208 Å². The highest BCUT2D eigenvalue weighted by molar-refractivity contribution is 9.09. The number of aliphatic hydroxyl groups is 1. The van der Waals surface area contributed by atoms with E-state index in [9.17, 15) is 15.0 Å². The molecule has 0 bridgehead atoms. The van der Waals surface area contributed by atoms with Gasteiger partial charge in [0.2, 0.25) is 0 Å². The Kier molecular flexibility index (Phi) is 6.39. The van der Waals surface area contributed by atoms with Gasteiger partial charge in [0, 0.05) is 9.65 Å². The molecule has 0 amide bonds. The van der Waals surface area contributed by atoms with Gasteiger partial charge in [0.05, 0.1) is 17.4 Å². The van der Waals surface area contributed by atoms with E-state index in [1.165, 1.54) is 5.57 Å². The van der Waals surface area contributed by atoms with E-state index < -0.39 is 11.6 Å². The van der Waals surface area contributed by atoms with Gasteiger partial charge in [-0.05, 0) is 97.5 Å². The van der Waals surface area contributed by atoms with Crippen molar-refractivity contribution in [2.24, 2.45) is 22.7 Å². The monoisotopic (exact) mass is 568 g/mol. The summed E-state index contributed by atoms with van der Waals surface area (Å²) in [5, 5.41) is 21.0. The Hall–Kier alpha value is -0.850. The van der Waals surface area contributed by atoms with Gasteiger partial charge in [-0.15, -0.1) is 0 Å². The number of benzene rings is 1. The summed E-state index contributed by atoms with van der Waals surface area (Å²) in [6.07, 6.45) is 7.29. The normalized spacial score (nSPS) is 38.5. The van der Waals surface area contributed by atoms with Gasteiger partial charge in [0.25, 0.3) is 0 Å². The number of fused-ring (bicyclic) bond motifs is 2. The quantitative estimate of drug-likeness (QED) is 0.396. The topological polar surface area (TPSA) is 66.8 Å². The van der Waals surface area contributed by atoms with Crippen molar-refractivity contribution in [3.05, 3.63) is 41.2 Å². The SMILES string of the molecule is CC1(O)CCC(Br)C(C)(C)C1CC1(C)C(Br)CCC2=COc3ccc(C(=O)O)cc3CC21. The minimum Gasteiger partial charge on any atom is -0.478 e. The van der Waals surface area contributed by atoms with E-state index in [1.807, 2.05) is 13.2 Å². The van der Waals surface area contributed by atoms with Gasteiger partial charge >= 0.3 is 5.97 Å². The number of carboxylic acid groups (broad SMARTS) is 1. The summed E-state index contributed by atoms with van der Waals surface area (Å²) < 4.78 is 6.04. The fraction of sp³-hybridized carbons (Fsp3) is 0.654. The molecule has 4 rings (SSSR count). The highest BCUT2D eigenvalue weighted by Crippen LogP contribution is 2.59. The molecular weight excluding hydrogens is 536 g/mol. The van der Waals surface area contributed by atoms with Crippen LogP contribution in [0.1, 0.15) is 75.7 Å². The van der Waals surface area contributed by atoms with Crippen LogP contribution in [0, 0.1) is 22.7 Å². The highest BCUT2D eigenvalue weighted by Gasteiger charge is 2.55. The Morgan fingerprint density at radius 3 is 2.56 bits per heavy atom. The number of carboxylic acids is 1. The lowest BCUT2D eigenvalue weighted by Gasteiger charge is -2.56. The molecule has 4 nitrogen and oxygen atoms in total. The first-order valence-electron chi connectivity index (χ1n) is 11.6. The second-order valence-corrected chi connectivity index (χ2v) is 13.4. The van der Waals surface area contributed by atoms with Crippen molar-refractivity contribution in [1.82, 2.24) is 0 Å². The number of ether oxygens (including phenoxy) is 1. The third-order valence-electron chi connectivity index (χ3n) is 8.72. The summed E-state index contributed by atoms with van der Waals surface area (Å²) in [5.41, 5.74) is 1.66. The number of rotatable bonds is 3. The van der Waals surface area contributed by atoms with Gasteiger partial charge < -0.3 is 14.9 Å². The molecule has 1 aromatic carbocycles. The Morgan fingerprint density at radius 1 is 1.16 bits per heavy atom. The van der Waals surface area contributed by atoms with Gasteiger partial charge in [-0.25, -0.2) is 4.79 Å². The van der Waals surface area contributed by atoms with Crippen LogP contribution >= 0.6 is 31.9 Å². The molecule has 6 unspecified atom stereocenters. The van der Waals surface area contributed by atoms with E-state index >= 15 is 0 Å². The van der Waals surface area contributed by atoms with Crippen LogP contribution in [-0.4, -0.2) is 31.4 Å². The molecule has 1 aromatic rings. The van der Waals surface area contributed by atoms with Crippen molar-refractivity contribution in [3.63, 3.8) is 0 Å². The lowest BCUT2D eigenvalue weighted by Crippen LogP contribution is -2.55. The molecule has 0 radical (unpaired) electrons. The largest absolute Gasteiger partial charge is 0.478 e. The van der Waals surface area contributed by atoms with Crippen LogP contribution in [0.15, 0.2) is 30.0 Å². The van der Waals surface area contributed by atoms with Crippen LogP contribution < -0.4 is 4.74 Å². The first kappa shape index (κ1) is 24.3. The van der Waals surface area contributed by atoms with Crippen molar-refractivity contribution in [3.8, 4) is 5.75 Å². The van der Waals surface area contributed by atoms with Crippen LogP contribution in [0.3, 0.4) is 0 Å². The average molecular weight is 570 g/mol. The summed E-state index contributed by atoms with van der Waals surface area (Å²) in [5.74, 6) is 0.175. The lowest BCUT2D eigenvalue weighted by atomic mass is 9.53. The molecule has 2 N–H and O–H groups in total. The second-order valence-electron chi connectivity index (χ2n) is 11.1. The van der Waals surface area contributed by atoms with Crippen molar-refractivity contribution >= 4 is 37.8 Å². The number of aromatic carboxylic acids is 1. The van der Waals surface area contributed by atoms with Crippen LogP contribution in [-0.2, 0) is 6.42 Å². The summed E-state index contributed by atoms with van der Waals surface area (Å²) in [6, 6.07) is 5.15. The molecule has 6 heteroatoms. The molecule has 1 aliphatic heterocycles. The standard InChI is InChI=1S/C26H34Br2O4/c1-24(2)20(26(4,31)10-9-21(24)27)13-25(3)18-12-17-11-15(23(29)30)5-7-19(17)32-14-16(18)6-8-22(25)28/h5,7,11,14,18,20-22,31H,6,8-10,12-13H2,1-4H3,(H,29,30). The van der Waals surface area contributed by atoms with Crippen molar-refractivity contribution in [2.45, 2.75) is 81.5 Å². The molecule has 0 aromatic heterocycles. The van der Waals surface area contributed by atoms with E-state index in [4.69, 9.17) is 4.74 Å². The van der Waals surface area contributed by atoms with Crippen LogP contribution in [0.2, 0.25) is 0 Å². The van der Waals surface area contributed by atoms with Crippen LogP contribution in [0.25, 0.3) is 0 Å². The Balaban J connectivity index is 1.74. The van der Waals surface area contributed by atoms with Gasteiger partial charge in [0.15, 0.2) is 0 Å². The van der Waals surface area contributed by atoms with Crippen LogP contribution in [0.4, 0.5) is 0 Å². The van der Waals surface area contributed by atoms with Gasteiger partial charge in [0.1, 0.15) is 5.75 Å². The molecule has 0 saturated heterocycles. The Bertz CT molecular complexity index is 938. The molecular formula is C26H34Br2O4. The zero-order valence-electron chi connectivity index (χ0n) is 19.3. The average Bonchev–Trinajstić information content (AvgIpc) is 2.91. The van der Waals surface area contributed by atoms with Crippen molar-refractivity contribution in [2.75, 3.05) is 0 Å². The predicted octanol–water partition coefficient (Wildman–Crippen LogP) is 6.72. The third-order valence-corrected chi connectivity index (χ3v) is 11.9. The van der Waals surface area contributed by atoms with Gasteiger partial charge in [-0.3, -0.25) is 0 Å². The molecule has 176 valence electrons. The highest BCUT2D eigenvalue weighted by atomic mass is 79.9. The number of carbonyl (C=O) groups is 1. The Morgan fingerprint density at radius 2 is 1.88 bits per heavy atom. The number of hydrogen-bond acceptors (Lipinski definition) is 3. The predicted molar refractivity (Wildman–Crippen MR) is 134 cm³/mol. The first-order chi connectivity index (χ1) is 14.9. The minimum absolute atomic E-state index is 0.0472. The molecule has 32 heavy (non-hydrogen) atoms. The second kappa shape index (κ2) is 8.42. The molecule has 3 aliphatic rings. The molecule has 0 spiro atoms. The van der Waals surface area contributed by atoms with Crippen molar-refractivity contribution < 1.29 is 19.7 Å². The zero-order chi connectivity index (χ0) is 23.5. The summed E-state index contributed by atoms with van der Waals surface area (Å²) in [4.78, 5) is 12.3. The maximum absolute atomic E-state index is 11.6. The smallest absolute Gasteiger partial charge is 0.335 e. The van der Waals surface area contributed by atoms with Gasteiger partial charge in [-0.1, -0.05) is 52.6 Å². The van der Waals surface area contributed by atoms with E-state index in [-0.39, 0.29) is 22.7 Å². The lowest BCUT2D eigenvalue weighted by molar-refractivity contribution is -0.107. The van der Waals surface area contributed by atoms with E-state index in [2.05, 4.69) is 52.6 Å². The number of alkyl halides is 2. The molecule has 6 atom stereocenters. The number of allylic oxidation sites excluding steroid dienone is 1. The molecule has 2 aliphatic carbocycles. The fourth-order valence-corrected chi connectivity index (χ4v) is 7.75. The summed E-state index contributed by atoms with van der Waals surface area (Å²) >= 11 is 7.95. The molecule has 1 heterocycles. The maximum atomic E-state index is 11.6.